The number of rotatable bonds is 7. The standard InChI is InChI=1S/C15H25NO/c1-4-6-7-13-8-10-14(11-9-13)17-12(3)15(16)5-2/h8-12,15H,4-7,16H2,1-3H3. The summed E-state index contributed by atoms with van der Waals surface area (Å²) in [6.45, 7) is 6.32. The molecule has 0 aliphatic heterocycles. The molecule has 0 spiro atoms. The first-order valence-electron chi connectivity index (χ1n) is 6.68. The van der Waals surface area contributed by atoms with Crippen LogP contribution < -0.4 is 10.5 Å². The van der Waals surface area contributed by atoms with E-state index in [0.717, 1.165) is 18.6 Å². The molecular weight excluding hydrogens is 210 g/mol. The van der Waals surface area contributed by atoms with Crippen molar-refractivity contribution in [1.29, 1.82) is 0 Å². The lowest BCUT2D eigenvalue weighted by Gasteiger charge is -2.20. The Morgan fingerprint density at radius 3 is 2.35 bits per heavy atom. The summed E-state index contributed by atoms with van der Waals surface area (Å²) in [5.74, 6) is 0.918. The monoisotopic (exact) mass is 235 g/mol. The van der Waals surface area contributed by atoms with E-state index in [2.05, 4.69) is 26.0 Å². The highest BCUT2D eigenvalue weighted by atomic mass is 16.5. The molecule has 17 heavy (non-hydrogen) atoms. The van der Waals surface area contributed by atoms with E-state index in [1.165, 1.54) is 18.4 Å². The second-order valence-electron chi connectivity index (χ2n) is 4.64. The average Bonchev–Trinajstić information content (AvgIpc) is 2.37. The summed E-state index contributed by atoms with van der Waals surface area (Å²) in [7, 11) is 0. The van der Waals surface area contributed by atoms with Gasteiger partial charge in [0.25, 0.3) is 0 Å². The van der Waals surface area contributed by atoms with Crippen molar-refractivity contribution in [3.8, 4) is 5.75 Å². The number of unbranched alkanes of at least 4 members (excludes halogenated alkanes) is 1. The minimum atomic E-state index is 0.0708. The summed E-state index contributed by atoms with van der Waals surface area (Å²) in [4.78, 5) is 0. The molecule has 0 heterocycles. The molecule has 0 saturated carbocycles. The van der Waals surface area contributed by atoms with Crippen molar-refractivity contribution in [2.75, 3.05) is 0 Å². The van der Waals surface area contributed by atoms with Gasteiger partial charge in [-0.3, -0.25) is 0 Å². The van der Waals surface area contributed by atoms with Crippen LogP contribution in [-0.2, 0) is 6.42 Å². The molecule has 0 bridgehead atoms. The zero-order valence-corrected chi connectivity index (χ0v) is 11.3. The van der Waals surface area contributed by atoms with Gasteiger partial charge in [-0.2, -0.15) is 0 Å². The van der Waals surface area contributed by atoms with E-state index in [9.17, 15) is 0 Å². The molecule has 1 rings (SSSR count). The van der Waals surface area contributed by atoms with Crippen LogP contribution in [0.4, 0.5) is 0 Å². The third-order valence-electron chi connectivity index (χ3n) is 3.14. The SMILES string of the molecule is CCCCc1ccc(OC(C)C(N)CC)cc1. The molecule has 0 aliphatic carbocycles. The predicted molar refractivity (Wildman–Crippen MR) is 73.4 cm³/mol. The zero-order valence-electron chi connectivity index (χ0n) is 11.3. The third-order valence-corrected chi connectivity index (χ3v) is 3.14. The molecule has 0 saturated heterocycles. The largest absolute Gasteiger partial charge is 0.489 e. The maximum absolute atomic E-state index is 5.93. The normalized spacial score (nSPS) is 14.4. The van der Waals surface area contributed by atoms with E-state index in [1.54, 1.807) is 0 Å². The Morgan fingerprint density at radius 1 is 1.18 bits per heavy atom. The highest BCUT2D eigenvalue weighted by Gasteiger charge is 2.11. The van der Waals surface area contributed by atoms with Gasteiger partial charge in [-0.15, -0.1) is 0 Å². The van der Waals surface area contributed by atoms with Crippen LogP contribution in [-0.4, -0.2) is 12.1 Å². The van der Waals surface area contributed by atoms with E-state index in [1.807, 2.05) is 19.1 Å². The van der Waals surface area contributed by atoms with Crippen LogP contribution in [0.25, 0.3) is 0 Å². The van der Waals surface area contributed by atoms with Gasteiger partial charge in [0.1, 0.15) is 11.9 Å². The minimum absolute atomic E-state index is 0.0708. The summed E-state index contributed by atoms with van der Waals surface area (Å²) in [6.07, 6.45) is 4.65. The van der Waals surface area contributed by atoms with E-state index in [4.69, 9.17) is 10.5 Å². The summed E-state index contributed by atoms with van der Waals surface area (Å²) >= 11 is 0. The number of hydrogen-bond acceptors (Lipinski definition) is 2. The summed E-state index contributed by atoms with van der Waals surface area (Å²) < 4.78 is 5.80. The smallest absolute Gasteiger partial charge is 0.119 e. The highest BCUT2D eigenvalue weighted by molar-refractivity contribution is 5.27. The van der Waals surface area contributed by atoms with Crippen LogP contribution in [0.2, 0.25) is 0 Å². The summed E-state index contributed by atoms with van der Waals surface area (Å²) in [6, 6.07) is 8.49. The fraction of sp³-hybridized carbons (Fsp3) is 0.600. The van der Waals surface area contributed by atoms with Crippen molar-refractivity contribution in [2.24, 2.45) is 5.73 Å². The van der Waals surface area contributed by atoms with Crippen LogP contribution in [0, 0.1) is 0 Å². The zero-order chi connectivity index (χ0) is 12.7. The van der Waals surface area contributed by atoms with Crippen LogP contribution >= 0.6 is 0 Å². The maximum atomic E-state index is 5.93. The van der Waals surface area contributed by atoms with Crippen molar-refractivity contribution < 1.29 is 4.74 Å². The second kappa shape index (κ2) is 7.33. The van der Waals surface area contributed by atoms with Crippen LogP contribution in [0.3, 0.4) is 0 Å². The lowest BCUT2D eigenvalue weighted by Crippen LogP contribution is -2.35. The number of nitrogens with two attached hydrogens (primary N) is 1. The van der Waals surface area contributed by atoms with Gasteiger partial charge in [0.05, 0.1) is 0 Å². The average molecular weight is 235 g/mol. The molecule has 0 aliphatic rings. The van der Waals surface area contributed by atoms with E-state index >= 15 is 0 Å². The Bertz CT molecular complexity index is 307. The molecule has 2 heteroatoms. The second-order valence-corrected chi connectivity index (χ2v) is 4.64. The first kappa shape index (κ1) is 14.0. The molecule has 0 radical (unpaired) electrons. The molecule has 2 nitrogen and oxygen atoms in total. The molecule has 2 atom stereocenters. The van der Waals surface area contributed by atoms with Gasteiger partial charge >= 0.3 is 0 Å². The van der Waals surface area contributed by atoms with Gasteiger partial charge in [0.2, 0.25) is 0 Å². The number of benzene rings is 1. The predicted octanol–water partition coefficient (Wildman–Crippen LogP) is 3.53. The molecule has 0 aromatic heterocycles. The highest BCUT2D eigenvalue weighted by Crippen LogP contribution is 2.16. The topological polar surface area (TPSA) is 35.2 Å². The Morgan fingerprint density at radius 2 is 1.82 bits per heavy atom. The van der Waals surface area contributed by atoms with Gasteiger partial charge in [0.15, 0.2) is 0 Å². The fourth-order valence-corrected chi connectivity index (χ4v) is 1.75. The number of aryl methyl sites for hydroxylation is 1. The van der Waals surface area contributed by atoms with E-state index in [-0.39, 0.29) is 12.1 Å². The molecule has 2 unspecified atom stereocenters. The molecule has 1 aromatic carbocycles. The molecule has 96 valence electrons. The van der Waals surface area contributed by atoms with Gasteiger partial charge < -0.3 is 10.5 Å². The number of ether oxygens (including phenoxy) is 1. The van der Waals surface area contributed by atoms with E-state index < -0.39 is 0 Å². The Labute approximate surface area is 105 Å². The van der Waals surface area contributed by atoms with Crippen LogP contribution in [0.5, 0.6) is 5.75 Å². The van der Waals surface area contributed by atoms with Crippen molar-refractivity contribution in [1.82, 2.24) is 0 Å². The maximum Gasteiger partial charge on any atom is 0.119 e. The van der Waals surface area contributed by atoms with Crippen molar-refractivity contribution in [2.45, 2.75) is 58.6 Å². The van der Waals surface area contributed by atoms with Gasteiger partial charge in [-0.05, 0) is 43.9 Å². The van der Waals surface area contributed by atoms with E-state index in [0.29, 0.717) is 0 Å². The summed E-state index contributed by atoms with van der Waals surface area (Å²) in [5, 5.41) is 0. The Balaban J connectivity index is 2.50. The summed E-state index contributed by atoms with van der Waals surface area (Å²) in [5.41, 5.74) is 7.32. The van der Waals surface area contributed by atoms with Crippen LogP contribution in [0.1, 0.15) is 45.6 Å². The van der Waals surface area contributed by atoms with Crippen molar-refractivity contribution >= 4 is 0 Å². The molecule has 0 fully saturated rings. The first-order chi connectivity index (χ1) is 8.17. The minimum Gasteiger partial charge on any atom is -0.489 e. The number of hydrogen-bond donors (Lipinski definition) is 1. The quantitative estimate of drug-likeness (QED) is 0.784. The molecular formula is C15H25NO. The van der Waals surface area contributed by atoms with Gasteiger partial charge in [-0.1, -0.05) is 32.4 Å². The van der Waals surface area contributed by atoms with Gasteiger partial charge in [-0.25, -0.2) is 0 Å². The van der Waals surface area contributed by atoms with Crippen molar-refractivity contribution in [3.63, 3.8) is 0 Å². The molecule has 0 amide bonds. The van der Waals surface area contributed by atoms with Crippen LogP contribution in [0.15, 0.2) is 24.3 Å². The van der Waals surface area contributed by atoms with Crippen molar-refractivity contribution in [3.05, 3.63) is 29.8 Å². The Hall–Kier alpha value is -1.02. The fourth-order valence-electron chi connectivity index (χ4n) is 1.75. The molecule has 2 N–H and O–H groups in total. The van der Waals surface area contributed by atoms with Gasteiger partial charge in [0, 0.05) is 6.04 Å². The molecule has 1 aromatic rings. The third kappa shape index (κ3) is 4.78. The lowest BCUT2D eigenvalue weighted by atomic mass is 10.1. The first-order valence-corrected chi connectivity index (χ1v) is 6.68. The lowest BCUT2D eigenvalue weighted by molar-refractivity contribution is 0.187. The Kier molecular flexibility index (Phi) is 6.06.